The Morgan fingerprint density at radius 1 is 1.00 bits per heavy atom. The van der Waals surface area contributed by atoms with Gasteiger partial charge in [0.15, 0.2) is 0 Å². The van der Waals surface area contributed by atoms with Crippen LogP contribution in [0.5, 0.6) is 0 Å². The number of carbonyl (C=O) groups excluding carboxylic acids is 1. The van der Waals surface area contributed by atoms with Crippen molar-refractivity contribution in [3.63, 3.8) is 0 Å². The second kappa shape index (κ2) is 7.99. The van der Waals surface area contributed by atoms with Gasteiger partial charge in [0.25, 0.3) is 0 Å². The maximum atomic E-state index is 13.6. The summed E-state index contributed by atoms with van der Waals surface area (Å²) < 4.78 is 6.66. The second-order valence-electron chi connectivity index (χ2n) is 7.97. The molecular formula is C21H29BrN2O2. The number of hydrogen-bond donors (Lipinski definition) is 0. The number of piperazine rings is 1. The molecule has 2 aliphatic heterocycles. The third kappa shape index (κ3) is 3.58. The fourth-order valence-corrected chi connectivity index (χ4v) is 5.24. The van der Waals surface area contributed by atoms with Crippen LogP contribution < -0.4 is 0 Å². The van der Waals surface area contributed by atoms with Crippen LogP contribution in [0.25, 0.3) is 0 Å². The van der Waals surface area contributed by atoms with Gasteiger partial charge in [0.05, 0.1) is 5.41 Å². The van der Waals surface area contributed by atoms with Gasteiger partial charge < -0.3 is 9.64 Å². The van der Waals surface area contributed by atoms with Crippen molar-refractivity contribution >= 4 is 21.8 Å². The van der Waals surface area contributed by atoms with Crippen LogP contribution in [-0.2, 0) is 14.9 Å². The quantitative estimate of drug-likeness (QED) is 0.748. The summed E-state index contributed by atoms with van der Waals surface area (Å²) in [7, 11) is 0. The molecule has 0 unspecified atom stereocenters. The van der Waals surface area contributed by atoms with Crippen LogP contribution in [0.1, 0.15) is 44.1 Å². The summed E-state index contributed by atoms with van der Waals surface area (Å²) in [5, 5.41) is 0. The molecule has 0 N–H and O–H groups in total. The minimum atomic E-state index is -0.408. The summed E-state index contributed by atoms with van der Waals surface area (Å²) in [6.45, 7) is 5.14. The van der Waals surface area contributed by atoms with Crippen molar-refractivity contribution < 1.29 is 9.53 Å². The minimum Gasteiger partial charge on any atom is -0.381 e. The number of halogens is 1. The highest BCUT2D eigenvalue weighted by atomic mass is 79.9. The predicted molar refractivity (Wildman–Crippen MR) is 106 cm³/mol. The van der Waals surface area contributed by atoms with E-state index in [0.29, 0.717) is 19.1 Å². The van der Waals surface area contributed by atoms with E-state index in [-0.39, 0.29) is 0 Å². The monoisotopic (exact) mass is 420 g/mol. The van der Waals surface area contributed by atoms with Crippen molar-refractivity contribution in [1.29, 1.82) is 0 Å². The first-order chi connectivity index (χ1) is 12.7. The van der Waals surface area contributed by atoms with Gasteiger partial charge >= 0.3 is 0 Å². The SMILES string of the molecule is O=C(N1CCN(C2CCCC2)CC1)C1(c2ccc(Br)cc2)CCOCC1. The van der Waals surface area contributed by atoms with Crippen LogP contribution in [-0.4, -0.2) is 61.1 Å². The molecule has 2 saturated heterocycles. The molecule has 1 saturated carbocycles. The first kappa shape index (κ1) is 18.5. The smallest absolute Gasteiger partial charge is 0.233 e. The molecule has 0 spiro atoms. The van der Waals surface area contributed by atoms with Crippen molar-refractivity contribution in [3.05, 3.63) is 34.3 Å². The summed E-state index contributed by atoms with van der Waals surface area (Å²) in [5.74, 6) is 0.314. The highest BCUT2D eigenvalue weighted by molar-refractivity contribution is 9.10. The normalized spacial score (nSPS) is 24.7. The Labute approximate surface area is 165 Å². The molecule has 4 nitrogen and oxygen atoms in total. The van der Waals surface area contributed by atoms with Crippen LogP contribution in [0, 0.1) is 0 Å². The molecule has 3 aliphatic rings. The number of benzene rings is 1. The van der Waals surface area contributed by atoms with E-state index >= 15 is 0 Å². The lowest BCUT2D eigenvalue weighted by molar-refractivity contribution is -0.143. The van der Waals surface area contributed by atoms with E-state index < -0.39 is 5.41 Å². The molecule has 1 aromatic carbocycles. The first-order valence-corrected chi connectivity index (χ1v) is 10.9. The van der Waals surface area contributed by atoms with Crippen LogP contribution in [0.3, 0.4) is 0 Å². The van der Waals surface area contributed by atoms with E-state index in [0.717, 1.165) is 55.1 Å². The topological polar surface area (TPSA) is 32.8 Å². The Balaban J connectivity index is 1.49. The maximum Gasteiger partial charge on any atom is 0.233 e. The largest absolute Gasteiger partial charge is 0.381 e. The fraction of sp³-hybridized carbons (Fsp3) is 0.667. The molecule has 1 amide bonds. The maximum absolute atomic E-state index is 13.6. The van der Waals surface area contributed by atoms with Crippen LogP contribution in [0.4, 0.5) is 0 Å². The standard InChI is InChI=1S/C21H29BrN2O2/c22-18-7-5-17(6-8-18)21(9-15-26-16-10-21)20(25)24-13-11-23(12-14-24)19-3-1-2-4-19/h5-8,19H,1-4,9-16H2. The molecule has 142 valence electrons. The van der Waals surface area contributed by atoms with Gasteiger partial charge in [-0.15, -0.1) is 0 Å². The minimum absolute atomic E-state index is 0.314. The molecule has 0 atom stereocenters. The number of amides is 1. The summed E-state index contributed by atoms with van der Waals surface area (Å²) in [6.07, 6.45) is 7.00. The number of nitrogens with zero attached hydrogens (tertiary/aromatic N) is 2. The second-order valence-corrected chi connectivity index (χ2v) is 8.88. The molecule has 3 fully saturated rings. The highest BCUT2D eigenvalue weighted by Crippen LogP contribution is 2.38. The van der Waals surface area contributed by atoms with Crippen molar-refractivity contribution in [1.82, 2.24) is 9.80 Å². The third-order valence-corrected chi connectivity index (χ3v) is 7.12. The predicted octanol–water partition coefficient (Wildman–Crippen LogP) is 3.58. The molecule has 2 heterocycles. The molecule has 0 aromatic heterocycles. The third-order valence-electron chi connectivity index (χ3n) is 6.60. The molecule has 0 radical (unpaired) electrons. The molecule has 0 bridgehead atoms. The Morgan fingerprint density at radius 3 is 2.23 bits per heavy atom. The molecule has 4 rings (SSSR count). The van der Waals surface area contributed by atoms with Crippen LogP contribution in [0.2, 0.25) is 0 Å². The van der Waals surface area contributed by atoms with Crippen molar-refractivity contribution in [2.24, 2.45) is 0 Å². The fourth-order valence-electron chi connectivity index (χ4n) is 4.98. The van der Waals surface area contributed by atoms with Gasteiger partial charge in [-0.3, -0.25) is 9.69 Å². The van der Waals surface area contributed by atoms with Crippen molar-refractivity contribution in [2.45, 2.75) is 50.0 Å². The van der Waals surface area contributed by atoms with Gasteiger partial charge in [0.2, 0.25) is 5.91 Å². The van der Waals surface area contributed by atoms with Gasteiger partial charge in [0.1, 0.15) is 0 Å². The number of rotatable bonds is 3. The van der Waals surface area contributed by atoms with Crippen LogP contribution in [0.15, 0.2) is 28.7 Å². The number of ether oxygens (including phenoxy) is 1. The Kier molecular flexibility index (Phi) is 5.67. The Bertz CT molecular complexity index is 613. The van der Waals surface area contributed by atoms with E-state index in [9.17, 15) is 4.79 Å². The van der Waals surface area contributed by atoms with Crippen LogP contribution >= 0.6 is 15.9 Å². The number of hydrogen-bond acceptors (Lipinski definition) is 3. The molecule has 26 heavy (non-hydrogen) atoms. The van der Waals surface area contributed by atoms with Crippen molar-refractivity contribution in [2.75, 3.05) is 39.4 Å². The lowest BCUT2D eigenvalue weighted by Gasteiger charge is -2.44. The first-order valence-electron chi connectivity index (χ1n) is 10.1. The summed E-state index contributed by atoms with van der Waals surface area (Å²) in [4.78, 5) is 18.4. The van der Waals surface area contributed by atoms with Gasteiger partial charge in [0, 0.05) is 49.9 Å². The van der Waals surface area contributed by atoms with E-state index in [2.05, 4.69) is 50.0 Å². The molecule has 1 aliphatic carbocycles. The average molecular weight is 421 g/mol. The van der Waals surface area contributed by atoms with Gasteiger partial charge in [-0.2, -0.15) is 0 Å². The van der Waals surface area contributed by atoms with E-state index in [1.165, 1.54) is 25.7 Å². The van der Waals surface area contributed by atoms with E-state index in [1.54, 1.807) is 0 Å². The zero-order valence-electron chi connectivity index (χ0n) is 15.5. The Morgan fingerprint density at radius 2 is 1.62 bits per heavy atom. The molecule has 1 aromatic rings. The molecular weight excluding hydrogens is 392 g/mol. The van der Waals surface area contributed by atoms with Gasteiger partial charge in [-0.05, 0) is 43.4 Å². The summed E-state index contributed by atoms with van der Waals surface area (Å²) in [5.41, 5.74) is 0.737. The molecule has 5 heteroatoms. The highest BCUT2D eigenvalue weighted by Gasteiger charge is 2.44. The van der Waals surface area contributed by atoms with E-state index in [4.69, 9.17) is 4.74 Å². The lowest BCUT2D eigenvalue weighted by Crippen LogP contribution is -2.57. The lowest BCUT2D eigenvalue weighted by atomic mass is 9.73. The average Bonchev–Trinajstić information content (AvgIpc) is 3.23. The Hall–Kier alpha value is -0.910. The summed E-state index contributed by atoms with van der Waals surface area (Å²) >= 11 is 3.51. The zero-order valence-corrected chi connectivity index (χ0v) is 17.0. The summed E-state index contributed by atoms with van der Waals surface area (Å²) in [6, 6.07) is 9.09. The van der Waals surface area contributed by atoms with Gasteiger partial charge in [-0.1, -0.05) is 40.9 Å². The zero-order chi connectivity index (χ0) is 18.0. The van der Waals surface area contributed by atoms with Crippen molar-refractivity contribution in [3.8, 4) is 0 Å². The van der Waals surface area contributed by atoms with Gasteiger partial charge in [-0.25, -0.2) is 0 Å². The number of carbonyl (C=O) groups is 1. The van der Waals surface area contributed by atoms with E-state index in [1.807, 2.05) is 0 Å².